The van der Waals surface area contributed by atoms with Gasteiger partial charge in [0.25, 0.3) is 0 Å². The largest absolute Gasteiger partial charge is 0.395 e. The molecule has 0 aromatic heterocycles. The fraction of sp³-hybridized carbons (Fsp3) is 1.00. The second kappa shape index (κ2) is 6.85. The molecule has 114 valence electrons. The van der Waals surface area contributed by atoms with E-state index in [0.717, 1.165) is 0 Å². The van der Waals surface area contributed by atoms with Crippen LogP contribution in [0, 0.1) is 0 Å². The van der Waals surface area contributed by atoms with Gasteiger partial charge in [-0.25, -0.2) is 0 Å². The first kappa shape index (κ1) is 16.6. The van der Waals surface area contributed by atoms with Crippen LogP contribution in [-0.2, 0) is 0 Å². The third-order valence-corrected chi connectivity index (χ3v) is 3.37. The van der Waals surface area contributed by atoms with Gasteiger partial charge in [-0.15, -0.1) is 0 Å². The highest BCUT2D eigenvalue weighted by Crippen LogP contribution is 2.23. The van der Waals surface area contributed by atoms with Crippen LogP contribution < -0.4 is 0 Å². The fourth-order valence-corrected chi connectivity index (χ4v) is 2.28. The lowest BCUT2D eigenvalue weighted by atomic mass is 9.94. The molecule has 0 aliphatic carbocycles. The Bertz CT molecular complexity index is 277. The fourth-order valence-electron chi connectivity index (χ4n) is 2.28. The molecule has 4 atom stereocenters. The Morgan fingerprint density at radius 1 is 1.05 bits per heavy atom. The summed E-state index contributed by atoms with van der Waals surface area (Å²) in [6.45, 7) is -0.179. The van der Waals surface area contributed by atoms with Gasteiger partial charge in [-0.1, -0.05) is 0 Å². The standard InChI is InChI=1S/C11H20F3NO4/c12-11(13,14)3-1-2-4-15-5-8(17)10(19)9(18)7(15)6-16/h7-10,16-19H,1-6H2/t7-,8+,9-,10-/m1/s1. The van der Waals surface area contributed by atoms with Gasteiger partial charge in [0.2, 0.25) is 0 Å². The number of β-amino-alcohol motifs (C(OH)–C–C–N with tert-alkyl or cyclic N) is 1. The van der Waals surface area contributed by atoms with E-state index in [1.165, 1.54) is 4.90 Å². The Balaban J connectivity index is 2.42. The number of aliphatic hydroxyl groups excluding tert-OH is 4. The summed E-state index contributed by atoms with van der Waals surface area (Å²) in [7, 11) is 0. The number of unbranched alkanes of at least 4 members (excludes halogenated alkanes) is 1. The van der Waals surface area contributed by atoms with Gasteiger partial charge in [-0.2, -0.15) is 13.2 Å². The first-order chi connectivity index (χ1) is 8.76. The maximum atomic E-state index is 12.0. The molecule has 5 nitrogen and oxygen atoms in total. The SMILES string of the molecule is OC[C@@H]1[C@@H](O)[C@H](O)[C@@H](O)CN1CCCCC(F)(F)F. The molecule has 0 amide bonds. The summed E-state index contributed by atoms with van der Waals surface area (Å²) in [4.78, 5) is 1.51. The second-order valence-corrected chi connectivity index (χ2v) is 4.87. The van der Waals surface area contributed by atoms with Crippen molar-refractivity contribution in [3.8, 4) is 0 Å². The lowest BCUT2D eigenvalue weighted by molar-refractivity contribution is -0.147. The number of piperidine rings is 1. The van der Waals surface area contributed by atoms with Gasteiger partial charge < -0.3 is 20.4 Å². The lowest BCUT2D eigenvalue weighted by Gasteiger charge is -2.43. The van der Waals surface area contributed by atoms with Crippen LogP contribution >= 0.6 is 0 Å². The van der Waals surface area contributed by atoms with Crippen LogP contribution in [0.2, 0.25) is 0 Å². The number of rotatable bonds is 5. The molecular formula is C11H20F3NO4. The maximum Gasteiger partial charge on any atom is 0.389 e. The Labute approximate surface area is 109 Å². The van der Waals surface area contributed by atoms with Crippen molar-refractivity contribution >= 4 is 0 Å². The summed E-state index contributed by atoms with van der Waals surface area (Å²) in [5, 5.41) is 37.8. The van der Waals surface area contributed by atoms with E-state index >= 15 is 0 Å². The average molecular weight is 287 g/mol. The Kier molecular flexibility index (Phi) is 6.00. The van der Waals surface area contributed by atoms with Gasteiger partial charge in [0, 0.05) is 13.0 Å². The topological polar surface area (TPSA) is 84.2 Å². The molecular weight excluding hydrogens is 267 g/mol. The van der Waals surface area contributed by atoms with Crippen molar-refractivity contribution in [1.82, 2.24) is 4.90 Å². The van der Waals surface area contributed by atoms with Gasteiger partial charge in [-0.05, 0) is 19.4 Å². The average Bonchev–Trinajstić information content (AvgIpc) is 2.31. The van der Waals surface area contributed by atoms with Crippen LogP contribution in [-0.4, -0.2) is 75.6 Å². The summed E-state index contributed by atoms with van der Waals surface area (Å²) < 4.78 is 35.9. The Morgan fingerprint density at radius 2 is 1.68 bits per heavy atom. The van der Waals surface area contributed by atoms with E-state index in [9.17, 15) is 28.5 Å². The van der Waals surface area contributed by atoms with Crippen molar-refractivity contribution in [2.24, 2.45) is 0 Å². The second-order valence-electron chi connectivity index (χ2n) is 4.87. The third-order valence-electron chi connectivity index (χ3n) is 3.37. The number of hydrogen-bond acceptors (Lipinski definition) is 5. The number of nitrogens with zero attached hydrogens (tertiary/aromatic N) is 1. The molecule has 1 rings (SSSR count). The van der Waals surface area contributed by atoms with Crippen molar-refractivity contribution in [2.45, 2.75) is 49.8 Å². The van der Waals surface area contributed by atoms with Gasteiger partial charge in [0.05, 0.1) is 18.8 Å². The minimum absolute atomic E-state index is 0.0233. The molecule has 0 aromatic carbocycles. The number of alkyl halides is 3. The molecule has 0 radical (unpaired) electrons. The minimum Gasteiger partial charge on any atom is -0.395 e. The molecule has 0 unspecified atom stereocenters. The van der Waals surface area contributed by atoms with Crippen LogP contribution in [0.25, 0.3) is 0 Å². The van der Waals surface area contributed by atoms with Crippen LogP contribution in [0.1, 0.15) is 19.3 Å². The lowest BCUT2D eigenvalue weighted by Crippen LogP contribution is -2.62. The third kappa shape index (κ3) is 4.88. The van der Waals surface area contributed by atoms with Gasteiger partial charge in [0.15, 0.2) is 0 Å². The molecule has 19 heavy (non-hydrogen) atoms. The van der Waals surface area contributed by atoms with Crippen molar-refractivity contribution in [1.29, 1.82) is 0 Å². The van der Waals surface area contributed by atoms with Gasteiger partial charge in [0.1, 0.15) is 12.2 Å². The molecule has 0 spiro atoms. The molecule has 1 saturated heterocycles. The molecule has 1 aliphatic heterocycles. The van der Waals surface area contributed by atoms with Crippen molar-refractivity contribution in [3.05, 3.63) is 0 Å². The van der Waals surface area contributed by atoms with Gasteiger partial charge >= 0.3 is 6.18 Å². The highest BCUT2D eigenvalue weighted by atomic mass is 19.4. The summed E-state index contributed by atoms with van der Waals surface area (Å²) in [5.41, 5.74) is 0. The first-order valence-electron chi connectivity index (χ1n) is 6.22. The number of likely N-dealkylation sites (tertiary alicyclic amines) is 1. The summed E-state index contributed by atoms with van der Waals surface area (Å²) >= 11 is 0. The summed E-state index contributed by atoms with van der Waals surface area (Å²) in [6.07, 6.45) is -8.69. The molecule has 1 aliphatic rings. The van der Waals surface area contributed by atoms with E-state index in [-0.39, 0.29) is 25.9 Å². The number of hydrogen-bond donors (Lipinski definition) is 4. The molecule has 4 N–H and O–H groups in total. The summed E-state index contributed by atoms with van der Waals surface area (Å²) in [6, 6.07) is -0.760. The zero-order valence-electron chi connectivity index (χ0n) is 10.4. The number of halogens is 3. The predicted octanol–water partition coefficient (Wildman–Crippen LogP) is -0.522. The first-order valence-corrected chi connectivity index (χ1v) is 6.22. The van der Waals surface area contributed by atoms with Crippen molar-refractivity contribution in [2.75, 3.05) is 19.7 Å². The molecule has 0 bridgehead atoms. The van der Waals surface area contributed by atoms with E-state index in [0.29, 0.717) is 0 Å². The normalized spacial score (nSPS) is 33.6. The van der Waals surface area contributed by atoms with Crippen LogP contribution in [0.4, 0.5) is 13.2 Å². The summed E-state index contributed by atoms with van der Waals surface area (Å²) in [5.74, 6) is 0. The quantitative estimate of drug-likeness (QED) is 0.511. The maximum absolute atomic E-state index is 12.0. The van der Waals surface area contributed by atoms with Gasteiger partial charge in [-0.3, -0.25) is 4.90 Å². The van der Waals surface area contributed by atoms with Crippen LogP contribution in [0.3, 0.4) is 0 Å². The molecule has 1 fully saturated rings. The zero-order chi connectivity index (χ0) is 14.6. The highest BCUT2D eigenvalue weighted by molar-refractivity contribution is 4.93. The Morgan fingerprint density at radius 3 is 2.21 bits per heavy atom. The molecule has 1 heterocycles. The molecule has 0 aromatic rings. The smallest absolute Gasteiger partial charge is 0.389 e. The van der Waals surface area contributed by atoms with Crippen LogP contribution in [0.5, 0.6) is 0 Å². The van der Waals surface area contributed by atoms with E-state index in [1.807, 2.05) is 0 Å². The van der Waals surface area contributed by atoms with Crippen molar-refractivity contribution < 1.29 is 33.6 Å². The van der Waals surface area contributed by atoms with E-state index < -0.39 is 43.6 Å². The van der Waals surface area contributed by atoms with E-state index in [4.69, 9.17) is 5.11 Å². The monoisotopic (exact) mass is 287 g/mol. The zero-order valence-corrected chi connectivity index (χ0v) is 10.4. The van der Waals surface area contributed by atoms with Crippen LogP contribution in [0.15, 0.2) is 0 Å². The number of aliphatic hydroxyl groups is 4. The minimum atomic E-state index is -4.19. The highest BCUT2D eigenvalue weighted by Gasteiger charge is 2.40. The predicted molar refractivity (Wildman–Crippen MR) is 60.4 cm³/mol. The van der Waals surface area contributed by atoms with E-state index in [2.05, 4.69) is 0 Å². The molecule has 8 heteroatoms. The van der Waals surface area contributed by atoms with E-state index in [1.54, 1.807) is 0 Å². The van der Waals surface area contributed by atoms with Crippen molar-refractivity contribution in [3.63, 3.8) is 0 Å². The molecule has 0 saturated carbocycles. The Hall–Kier alpha value is -0.410.